The van der Waals surface area contributed by atoms with E-state index in [2.05, 4.69) is 5.32 Å². The Bertz CT molecular complexity index is 1080. The third-order valence-electron chi connectivity index (χ3n) is 7.26. The van der Waals surface area contributed by atoms with E-state index in [0.717, 1.165) is 12.1 Å². The van der Waals surface area contributed by atoms with Gasteiger partial charge < -0.3 is 10.4 Å². The van der Waals surface area contributed by atoms with Gasteiger partial charge >= 0.3 is 6.18 Å². The fourth-order valence-corrected chi connectivity index (χ4v) is 6.98. The van der Waals surface area contributed by atoms with Gasteiger partial charge in [0, 0.05) is 50.6 Å². The number of carbonyl (C=O) groups excluding carboxylic acids is 1. The van der Waals surface area contributed by atoms with Crippen LogP contribution in [0.2, 0.25) is 5.02 Å². The first kappa shape index (κ1) is 30.0. The van der Waals surface area contributed by atoms with Gasteiger partial charge in [-0.2, -0.15) is 17.5 Å². The third kappa shape index (κ3) is 6.92. The van der Waals surface area contributed by atoms with Gasteiger partial charge in [0.25, 0.3) is 5.91 Å². The van der Waals surface area contributed by atoms with Gasteiger partial charge in [-0.1, -0.05) is 11.6 Å². The van der Waals surface area contributed by atoms with Crippen molar-refractivity contribution in [2.75, 3.05) is 31.9 Å². The van der Waals surface area contributed by atoms with Gasteiger partial charge in [-0.05, 0) is 44.9 Å². The van der Waals surface area contributed by atoms with Gasteiger partial charge in [0.05, 0.1) is 28.0 Å². The molecule has 1 aromatic carbocycles. The molecule has 1 saturated carbocycles. The lowest BCUT2D eigenvalue weighted by molar-refractivity contribution is -0.137. The fraction of sp³-hybridized carbons (Fsp3) is 0.696. The van der Waals surface area contributed by atoms with E-state index in [9.17, 15) is 40.3 Å². The molecule has 14 heteroatoms. The Hall–Kier alpha value is -1.54. The molecule has 2 fully saturated rings. The van der Waals surface area contributed by atoms with Crippen molar-refractivity contribution in [1.29, 1.82) is 0 Å². The second-order valence-electron chi connectivity index (χ2n) is 9.86. The number of benzene rings is 1. The number of alkyl halides is 5. The van der Waals surface area contributed by atoms with Crippen molar-refractivity contribution in [2.45, 2.75) is 69.3 Å². The van der Waals surface area contributed by atoms with Crippen molar-refractivity contribution in [3.05, 3.63) is 34.3 Å². The number of hydrogen-bond acceptors (Lipinski definition) is 5. The van der Waals surface area contributed by atoms with Crippen molar-refractivity contribution >= 4 is 27.5 Å². The number of nitrogens with zero attached hydrogens (tertiary/aromatic N) is 2. The number of aliphatic hydroxyl groups is 1. The maximum Gasteiger partial charge on any atom is 0.416 e. The highest BCUT2D eigenvalue weighted by Gasteiger charge is 2.51. The second kappa shape index (κ2) is 10.9. The Labute approximate surface area is 218 Å². The maximum atomic E-state index is 14.1. The van der Waals surface area contributed by atoms with E-state index in [0.29, 0.717) is 6.07 Å². The van der Waals surface area contributed by atoms with Crippen LogP contribution in [0.1, 0.15) is 55.5 Å². The molecule has 0 aromatic heterocycles. The molecule has 2 unspecified atom stereocenters. The number of carbonyl (C=O) groups is 1. The summed E-state index contributed by atoms with van der Waals surface area (Å²) in [6.45, 7) is 3.67. The van der Waals surface area contributed by atoms with Crippen LogP contribution in [0.25, 0.3) is 0 Å². The molecule has 1 heterocycles. The fourth-order valence-electron chi connectivity index (χ4n) is 5.18. The molecule has 1 aliphatic carbocycles. The van der Waals surface area contributed by atoms with Crippen LogP contribution >= 0.6 is 11.6 Å². The van der Waals surface area contributed by atoms with Gasteiger partial charge in [0.1, 0.15) is 0 Å². The number of rotatable bonds is 7. The van der Waals surface area contributed by atoms with Gasteiger partial charge in [-0.15, -0.1) is 0 Å². The van der Waals surface area contributed by atoms with Crippen LogP contribution in [0.15, 0.2) is 18.2 Å². The summed E-state index contributed by atoms with van der Waals surface area (Å²) in [4.78, 5) is 14.9. The Morgan fingerprint density at radius 3 is 2.16 bits per heavy atom. The molecule has 7 nitrogen and oxygen atoms in total. The van der Waals surface area contributed by atoms with Crippen molar-refractivity contribution in [2.24, 2.45) is 0 Å². The number of halogens is 6. The van der Waals surface area contributed by atoms with Gasteiger partial charge in [-0.3, -0.25) is 9.69 Å². The van der Waals surface area contributed by atoms with Crippen LogP contribution in [0, 0.1) is 0 Å². The summed E-state index contributed by atoms with van der Waals surface area (Å²) in [5.41, 5.74) is -2.10. The Morgan fingerprint density at radius 2 is 1.68 bits per heavy atom. The van der Waals surface area contributed by atoms with Crippen LogP contribution in [-0.2, 0) is 16.2 Å². The molecule has 0 bridgehead atoms. The highest BCUT2D eigenvalue weighted by atomic mass is 35.5. The molecule has 2 atom stereocenters. The van der Waals surface area contributed by atoms with Crippen molar-refractivity contribution < 1.29 is 40.3 Å². The first-order chi connectivity index (χ1) is 17.0. The van der Waals surface area contributed by atoms with Crippen LogP contribution in [0.4, 0.5) is 22.0 Å². The summed E-state index contributed by atoms with van der Waals surface area (Å²) in [7, 11) is -3.70. The highest BCUT2D eigenvalue weighted by Crippen LogP contribution is 2.44. The number of nitrogens with one attached hydrogen (secondary N) is 1. The molecule has 1 saturated heterocycles. The summed E-state index contributed by atoms with van der Waals surface area (Å²) in [6.07, 6.45) is -6.45. The zero-order valence-electron chi connectivity index (χ0n) is 20.5. The van der Waals surface area contributed by atoms with Gasteiger partial charge in [0.15, 0.2) is 0 Å². The lowest BCUT2D eigenvalue weighted by Gasteiger charge is -2.53. The minimum absolute atomic E-state index is 0.0304. The van der Waals surface area contributed by atoms with Crippen molar-refractivity contribution in [3.63, 3.8) is 0 Å². The van der Waals surface area contributed by atoms with E-state index in [1.807, 2.05) is 4.90 Å². The number of piperazine rings is 1. The molecule has 1 aromatic rings. The Kier molecular flexibility index (Phi) is 8.85. The second-order valence-corrected chi connectivity index (χ2v) is 12.3. The van der Waals surface area contributed by atoms with E-state index in [1.54, 1.807) is 6.92 Å². The van der Waals surface area contributed by atoms with E-state index in [4.69, 9.17) is 11.6 Å². The topological polar surface area (TPSA) is 89.9 Å². The van der Waals surface area contributed by atoms with Crippen molar-refractivity contribution in [3.8, 4) is 0 Å². The first-order valence-electron chi connectivity index (χ1n) is 11.9. The standard InChI is InChI=1S/C23H31ClF5N3O4S/c1-15(33)14-37(35,36)32-11-9-31(10-12-32)21(5-7-22(25,26)8-6-21)16(2)30-20(34)18-4-3-17(13-19(18)24)23(27,28)29/h3-4,13,15-16,33H,5-12,14H2,1-2H3,(H,30,34). The normalized spacial score (nSPS) is 22.8. The number of sulfonamides is 1. The molecule has 3 rings (SSSR count). The maximum absolute atomic E-state index is 14.1. The molecule has 37 heavy (non-hydrogen) atoms. The van der Waals surface area contributed by atoms with Crippen molar-refractivity contribution in [1.82, 2.24) is 14.5 Å². The van der Waals surface area contributed by atoms with Crippen LogP contribution in [0.3, 0.4) is 0 Å². The molecular formula is C23H31ClF5N3O4S. The molecule has 1 amide bonds. The lowest BCUT2D eigenvalue weighted by atomic mass is 9.73. The van der Waals surface area contributed by atoms with Crippen LogP contribution < -0.4 is 5.32 Å². The Balaban J connectivity index is 1.79. The lowest BCUT2D eigenvalue weighted by Crippen LogP contribution is -2.67. The zero-order valence-corrected chi connectivity index (χ0v) is 22.1. The van der Waals surface area contributed by atoms with Crippen LogP contribution in [-0.4, -0.2) is 84.2 Å². The predicted molar refractivity (Wildman–Crippen MR) is 128 cm³/mol. The summed E-state index contributed by atoms with van der Waals surface area (Å²) in [5, 5.41) is 11.9. The van der Waals surface area contributed by atoms with E-state index in [-0.39, 0.29) is 49.6 Å². The summed E-state index contributed by atoms with van der Waals surface area (Å²) in [5.74, 6) is -4.03. The Morgan fingerprint density at radius 1 is 1.11 bits per heavy atom. The molecule has 0 spiro atoms. The average molecular weight is 576 g/mol. The van der Waals surface area contributed by atoms with Crippen LogP contribution in [0.5, 0.6) is 0 Å². The van der Waals surface area contributed by atoms with E-state index in [1.165, 1.54) is 11.2 Å². The SMILES string of the molecule is CC(O)CS(=O)(=O)N1CCN(C2(C(C)NC(=O)c3ccc(C(F)(F)F)cc3Cl)CCC(F)(F)CC2)CC1. The molecular weight excluding hydrogens is 545 g/mol. The summed E-state index contributed by atoms with van der Waals surface area (Å²) in [6, 6.07) is 1.68. The van der Waals surface area contributed by atoms with Gasteiger partial charge in [0.2, 0.25) is 15.9 Å². The van der Waals surface area contributed by atoms with E-state index < -0.39 is 69.9 Å². The highest BCUT2D eigenvalue weighted by molar-refractivity contribution is 7.89. The third-order valence-corrected chi connectivity index (χ3v) is 9.62. The average Bonchev–Trinajstić information content (AvgIpc) is 2.78. The number of hydrogen-bond donors (Lipinski definition) is 2. The van der Waals surface area contributed by atoms with E-state index >= 15 is 0 Å². The number of aliphatic hydroxyl groups excluding tert-OH is 1. The first-order valence-corrected chi connectivity index (χ1v) is 13.9. The molecule has 2 aliphatic rings. The molecule has 2 N–H and O–H groups in total. The largest absolute Gasteiger partial charge is 0.416 e. The molecule has 1 aliphatic heterocycles. The minimum Gasteiger partial charge on any atom is -0.392 e. The molecule has 210 valence electrons. The minimum atomic E-state index is -4.63. The summed E-state index contributed by atoms with van der Waals surface area (Å²) >= 11 is 5.96. The zero-order chi connectivity index (χ0) is 27.8. The quantitative estimate of drug-likeness (QED) is 0.484. The molecule has 0 radical (unpaired) electrons. The number of amides is 1. The van der Waals surface area contributed by atoms with Gasteiger partial charge in [-0.25, -0.2) is 17.2 Å². The monoisotopic (exact) mass is 575 g/mol. The smallest absolute Gasteiger partial charge is 0.392 e. The summed E-state index contributed by atoms with van der Waals surface area (Å²) < 4.78 is 93.4. The predicted octanol–water partition coefficient (Wildman–Crippen LogP) is 3.75.